The maximum absolute atomic E-state index is 11.2. The van der Waals surface area contributed by atoms with E-state index in [1.807, 2.05) is 36.0 Å². The van der Waals surface area contributed by atoms with Crippen LogP contribution in [0.15, 0.2) is 29.3 Å². The lowest BCUT2D eigenvalue weighted by Crippen LogP contribution is -2.40. The Labute approximate surface area is 171 Å². The van der Waals surface area contributed by atoms with Crippen LogP contribution in [0.2, 0.25) is 0 Å². The Bertz CT molecular complexity index is 548. The molecule has 140 valence electrons. The number of amides is 1. The minimum atomic E-state index is -0.468. The molecule has 1 amide bonds. The number of anilines is 1. The molecule has 1 aromatic carbocycles. The number of rotatable bonds is 6. The molecule has 6 nitrogen and oxygen atoms in total. The van der Waals surface area contributed by atoms with E-state index in [1.54, 1.807) is 0 Å². The van der Waals surface area contributed by atoms with Gasteiger partial charge in [0.1, 0.15) is 0 Å². The molecule has 0 aromatic heterocycles. The molecule has 1 fully saturated rings. The van der Waals surface area contributed by atoms with Gasteiger partial charge in [-0.2, -0.15) is 11.8 Å². The van der Waals surface area contributed by atoms with E-state index >= 15 is 0 Å². The van der Waals surface area contributed by atoms with Crippen LogP contribution in [0.25, 0.3) is 0 Å². The summed E-state index contributed by atoms with van der Waals surface area (Å²) in [6, 6.07) is 7.59. The van der Waals surface area contributed by atoms with Gasteiger partial charge in [0.25, 0.3) is 0 Å². The Morgan fingerprint density at radius 3 is 2.68 bits per heavy atom. The molecule has 0 saturated carbocycles. The third-order valence-corrected chi connectivity index (χ3v) is 5.07. The summed E-state index contributed by atoms with van der Waals surface area (Å²) in [5.74, 6) is 2.12. The highest BCUT2D eigenvalue weighted by Gasteiger charge is 2.15. The fourth-order valence-electron chi connectivity index (χ4n) is 2.39. The van der Waals surface area contributed by atoms with Gasteiger partial charge >= 0.3 is 6.09 Å². The monoisotopic (exact) mass is 478 g/mol. The van der Waals surface area contributed by atoms with Gasteiger partial charge in [-0.3, -0.25) is 5.32 Å². The largest absolute Gasteiger partial charge is 0.453 e. The number of nitrogens with one attached hydrogen (secondary N) is 3. The van der Waals surface area contributed by atoms with E-state index in [0.29, 0.717) is 17.5 Å². The minimum Gasteiger partial charge on any atom is -0.453 e. The Morgan fingerprint density at radius 1 is 1.32 bits per heavy atom. The van der Waals surface area contributed by atoms with Gasteiger partial charge in [0.15, 0.2) is 5.96 Å². The smallest absolute Gasteiger partial charge is 0.411 e. The normalized spacial score (nSPS) is 16.7. The van der Waals surface area contributed by atoms with Gasteiger partial charge < -0.3 is 15.4 Å². The van der Waals surface area contributed by atoms with E-state index < -0.39 is 6.09 Å². The van der Waals surface area contributed by atoms with Crippen LogP contribution in [-0.4, -0.2) is 43.3 Å². The standard InChI is InChI=1S/C17H26N4O2S.HI/c1-3-18-16(20-12-15-5-4-10-24-15)19-11-13-6-8-14(9-7-13)21-17(22)23-2;/h6-9,15H,3-5,10-12H2,1-2H3,(H,21,22)(H2,18,19,20);1H. The van der Waals surface area contributed by atoms with Gasteiger partial charge in [-0.25, -0.2) is 9.79 Å². The molecular formula is C17H27IN4O2S. The zero-order chi connectivity index (χ0) is 17.2. The van der Waals surface area contributed by atoms with Crippen LogP contribution in [-0.2, 0) is 11.3 Å². The Kier molecular flexibility index (Phi) is 10.7. The SMILES string of the molecule is CCNC(=NCc1ccc(NC(=O)OC)cc1)NCC1CCCS1.I. The topological polar surface area (TPSA) is 74.8 Å². The second-order valence-electron chi connectivity index (χ2n) is 5.52. The highest BCUT2D eigenvalue weighted by atomic mass is 127. The van der Waals surface area contributed by atoms with Gasteiger partial charge in [0.2, 0.25) is 0 Å². The minimum absolute atomic E-state index is 0. The fourth-order valence-corrected chi connectivity index (χ4v) is 3.59. The van der Waals surface area contributed by atoms with Crippen molar-refractivity contribution in [3.8, 4) is 0 Å². The summed E-state index contributed by atoms with van der Waals surface area (Å²) >= 11 is 2.04. The van der Waals surface area contributed by atoms with Crippen molar-refractivity contribution in [1.82, 2.24) is 10.6 Å². The third-order valence-electron chi connectivity index (χ3n) is 3.67. The van der Waals surface area contributed by atoms with Crippen LogP contribution in [0.5, 0.6) is 0 Å². The van der Waals surface area contributed by atoms with Gasteiger partial charge in [0, 0.05) is 24.0 Å². The first-order chi connectivity index (χ1) is 11.7. The van der Waals surface area contributed by atoms with Crippen LogP contribution in [0.1, 0.15) is 25.3 Å². The Balaban J connectivity index is 0.00000312. The molecular weight excluding hydrogens is 451 g/mol. The summed E-state index contributed by atoms with van der Waals surface area (Å²) in [6.45, 7) is 4.45. The van der Waals surface area contributed by atoms with Crippen molar-refractivity contribution in [2.24, 2.45) is 4.99 Å². The lowest BCUT2D eigenvalue weighted by Gasteiger charge is -2.14. The average Bonchev–Trinajstić information content (AvgIpc) is 3.12. The predicted octanol–water partition coefficient (Wildman–Crippen LogP) is 3.43. The van der Waals surface area contributed by atoms with E-state index in [1.165, 1.54) is 25.7 Å². The Hall–Kier alpha value is -1.16. The molecule has 2 rings (SSSR count). The van der Waals surface area contributed by atoms with E-state index in [9.17, 15) is 4.79 Å². The number of carbonyl (C=O) groups excluding carboxylic acids is 1. The summed E-state index contributed by atoms with van der Waals surface area (Å²) in [7, 11) is 1.34. The summed E-state index contributed by atoms with van der Waals surface area (Å²) < 4.78 is 4.57. The van der Waals surface area contributed by atoms with Gasteiger partial charge in [-0.15, -0.1) is 24.0 Å². The molecule has 0 bridgehead atoms. The molecule has 0 aliphatic carbocycles. The molecule has 1 saturated heterocycles. The number of ether oxygens (including phenoxy) is 1. The number of carbonyl (C=O) groups is 1. The second-order valence-corrected chi connectivity index (χ2v) is 6.93. The summed E-state index contributed by atoms with van der Waals surface area (Å²) in [5.41, 5.74) is 1.79. The number of hydrogen-bond acceptors (Lipinski definition) is 4. The first kappa shape index (κ1) is 21.9. The van der Waals surface area contributed by atoms with Gasteiger partial charge in [-0.05, 0) is 43.2 Å². The van der Waals surface area contributed by atoms with Crippen LogP contribution >= 0.6 is 35.7 Å². The molecule has 1 aliphatic heterocycles. The molecule has 0 spiro atoms. The maximum Gasteiger partial charge on any atom is 0.411 e. The summed E-state index contributed by atoms with van der Waals surface area (Å²) in [5, 5.41) is 10.0. The Morgan fingerprint density at radius 2 is 2.08 bits per heavy atom. The predicted molar refractivity (Wildman–Crippen MR) is 116 cm³/mol. The lowest BCUT2D eigenvalue weighted by atomic mass is 10.2. The highest BCUT2D eigenvalue weighted by Crippen LogP contribution is 2.25. The first-order valence-electron chi connectivity index (χ1n) is 8.29. The van der Waals surface area contributed by atoms with Crippen molar-refractivity contribution in [3.05, 3.63) is 29.8 Å². The van der Waals surface area contributed by atoms with Crippen LogP contribution in [0.3, 0.4) is 0 Å². The van der Waals surface area contributed by atoms with Crippen LogP contribution in [0.4, 0.5) is 10.5 Å². The number of methoxy groups -OCH3 is 1. The van der Waals surface area contributed by atoms with Crippen molar-refractivity contribution in [2.75, 3.05) is 31.3 Å². The molecule has 1 heterocycles. The molecule has 3 N–H and O–H groups in total. The molecule has 8 heteroatoms. The van der Waals surface area contributed by atoms with E-state index in [4.69, 9.17) is 0 Å². The fraction of sp³-hybridized carbons (Fsp3) is 0.529. The zero-order valence-corrected chi connectivity index (χ0v) is 17.9. The lowest BCUT2D eigenvalue weighted by molar-refractivity contribution is 0.187. The average molecular weight is 478 g/mol. The van der Waals surface area contributed by atoms with Crippen molar-refractivity contribution in [2.45, 2.75) is 31.6 Å². The quantitative estimate of drug-likeness (QED) is 0.332. The van der Waals surface area contributed by atoms with Crippen molar-refractivity contribution >= 4 is 53.5 Å². The van der Waals surface area contributed by atoms with E-state index in [2.05, 4.69) is 32.6 Å². The summed E-state index contributed by atoms with van der Waals surface area (Å²) in [4.78, 5) is 15.8. The van der Waals surface area contributed by atoms with Crippen molar-refractivity contribution in [1.29, 1.82) is 0 Å². The highest BCUT2D eigenvalue weighted by molar-refractivity contribution is 14.0. The molecule has 1 aliphatic rings. The van der Waals surface area contributed by atoms with Crippen molar-refractivity contribution in [3.63, 3.8) is 0 Å². The number of aliphatic imine (C=N–C) groups is 1. The molecule has 0 radical (unpaired) electrons. The molecule has 1 unspecified atom stereocenters. The van der Waals surface area contributed by atoms with Crippen LogP contribution < -0.4 is 16.0 Å². The van der Waals surface area contributed by atoms with E-state index in [-0.39, 0.29) is 24.0 Å². The second kappa shape index (κ2) is 12.2. The third kappa shape index (κ3) is 8.17. The van der Waals surface area contributed by atoms with Crippen molar-refractivity contribution < 1.29 is 9.53 Å². The summed E-state index contributed by atoms with van der Waals surface area (Å²) in [6.07, 6.45) is 2.13. The number of hydrogen-bond donors (Lipinski definition) is 3. The number of guanidine groups is 1. The molecule has 25 heavy (non-hydrogen) atoms. The maximum atomic E-state index is 11.2. The van der Waals surface area contributed by atoms with Crippen LogP contribution in [0, 0.1) is 0 Å². The number of nitrogens with zero attached hydrogens (tertiary/aromatic N) is 1. The zero-order valence-electron chi connectivity index (χ0n) is 14.7. The number of benzene rings is 1. The van der Waals surface area contributed by atoms with E-state index in [0.717, 1.165) is 24.6 Å². The van der Waals surface area contributed by atoms with Gasteiger partial charge in [0.05, 0.1) is 13.7 Å². The first-order valence-corrected chi connectivity index (χ1v) is 9.34. The molecule has 1 atom stereocenters. The van der Waals surface area contributed by atoms with Gasteiger partial charge in [-0.1, -0.05) is 12.1 Å². The number of halogens is 1. The number of thioether (sulfide) groups is 1. The molecule has 1 aromatic rings.